The molecule has 6 heteroatoms. The van der Waals surface area contributed by atoms with Crippen LogP contribution >= 0.6 is 0 Å². The van der Waals surface area contributed by atoms with E-state index in [0.29, 0.717) is 25.6 Å². The summed E-state index contributed by atoms with van der Waals surface area (Å²) in [6.45, 7) is 7.97. The molecule has 2 aromatic rings. The van der Waals surface area contributed by atoms with Crippen molar-refractivity contribution in [2.75, 3.05) is 33.2 Å². The maximum absolute atomic E-state index is 12.9. The van der Waals surface area contributed by atoms with Crippen molar-refractivity contribution in [1.82, 2.24) is 15.1 Å². The zero-order chi connectivity index (χ0) is 22.5. The molecule has 2 saturated heterocycles. The van der Waals surface area contributed by atoms with Crippen molar-refractivity contribution in [2.24, 2.45) is 4.99 Å². The molecule has 0 saturated carbocycles. The Kier molecular flexibility index (Phi) is 7.10. The van der Waals surface area contributed by atoms with Crippen LogP contribution in [-0.4, -0.2) is 67.1 Å². The number of benzene rings is 2. The quantitative estimate of drug-likeness (QED) is 0.591. The third-order valence-corrected chi connectivity index (χ3v) is 6.33. The number of nitrogens with one attached hydrogen (secondary N) is 1. The van der Waals surface area contributed by atoms with Crippen LogP contribution in [0.3, 0.4) is 0 Å². The molecule has 0 aliphatic carbocycles. The van der Waals surface area contributed by atoms with E-state index in [-0.39, 0.29) is 18.1 Å². The predicted octanol–water partition coefficient (Wildman–Crippen LogP) is 3.50. The molecular weight excluding hydrogens is 400 g/mol. The number of hydrogen-bond donors (Lipinski definition) is 1. The molecule has 2 heterocycles. The van der Waals surface area contributed by atoms with Crippen LogP contribution in [0.5, 0.6) is 0 Å². The monoisotopic (exact) mass is 434 g/mol. The molecule has 2 aliphatic rings. The number of nitrogens with zero attached hydrogens (tertiary/aromatic N) is 3. The highest BCUT2D eigenvalue weighted by atomic mass is 16.5. The number of guanidine groups is 1. The van der Waals surface area contributed by atoms with Crippen molar-refractivity contribution < 1.29 is 9.53 Å². The van der Waals surface area contributed by atoms with E-state index in [1.807, 2.05) is 50.1 Å². The van der Waals surface area contributed by atoms with Crippen molar-refractivity contribution in [3.8, 4) is 0 Å². The second-order valence-corrected chi connectivity index (χ2v) is 8.91. The molecule has 170 valence electrons. The van der Waals surface area contributed by atoms with Gasteiger partial charge in [0.15, 0.2) is 5.96 Å². The molecule has 3 atom stereocenters. The van der Waals surface area contributed by atoms with Crippen LogP contribution < -0.4 is 5.32 Å². The van der Waals surface area contributed by atoms with E-state index in [1.54, 1.807) is 0 Å². The smallest absolute Gasteiger partial charge is 0.254 e. The summed E-state index contributed by atoms with van der Waals surface area (Å²) < 4.78 is 5.74. The standard InChI is InChI=1S/C26H34N4O2/c1-19-16-30(17-20(2)32-19)25(31)23-11-9-21(10-12-23)15-28-26(27-3)29-14-13-24(18-29)22-7-5-4-6-8-22/h4-12,19-20,24H,13-18H2,1-3H3,(H,27,28). The van der Waals surface area contributed by atoms with Crippen LogP contribution in [0.15, 0.2) is 59.6 Å². The van der Waals surface area contributed by atoms with Gasteiger partial charge in [-0.1, -0.05) is 42.5 Å². The average molecular weight is 435 g/mol. The molecular formula is C26H34N4O2. The van der Waals surface area contributed by atoms with Gasteiger partial charge in [0, 0.05) is 51.3 Å². The minimum atomic E-state index is 0.0741. The van der Waals surface area contributed by atoms with E-state index in [4.69, 9.17) is 4.74 Å². The average Bonchev–Trinajstić information content (AvgIpc) is 3.29. The third-order valence-electron chi connectivity index (χ3n) is 6.33. The van der Waals surface area contributed by atoms with E-state index in [9.17, 15) is 4.79 Å². The third kappa shape index (κ3) is 5.30. The molecule has 2 fully saturated rings. The lowest BCUT2D eigenvalue weighted by Gasteiger charge is -2.35. The van der Waals surface area contributed by atoms with Gasteiger partial charge in [0.05, 0.1) is 12.2 Å². The molecule has 2 aromatic carbocycles. The highest BCUT2D eigenvalue weighted by molar-refractivity contribution is 5.94. The van der Waals surface area contributed by atoms with Crippen LogP contribution in [0.2, 0.25) is 0 Å². The van der Waals surface area contributed by atoms with Crippen molar-refractivity contribution in [2.45, 2.75) is 44.9 Å². The minimum Gasteiger partial charge on any atom is -0.372 e. The fourth-order valence-electron chi connectivity index (χ4n) is 4.75. The molecule has 0 spiro atoms. The molecule has 2 aliphatic heterocycles. The lowest BCUT2D eigenvalue weighted by molar-refractivity contribution is -0.0586. The largest absolute Gasteiger partial charge is 0.372 e. The molecule has 1 amide bonds. The van der Waals surface area contributed by atoms with Gasteiger partial charge in [-0.3, -0.25) is 9.79 Å². The zero-order valence-corrected chi connectivity index (χ0v) is 19.3. The molecule has 4 rings (SSSR count). The van der Waals surface area contributed by atoms with Gasteiger partial charge in [-0.25, -0.2) is 0 Å². The first-order valence-corrected chi connectivity index (χ1v) is 11.6. The number of likely N-dealkylation sites (tertiary alicyclic amines) is 1. The van der Waals surface area contributed by atoms with Gasteiger partial charge in [0.25, 0.3) is 5.91 Å². The summed E-state index contributed by atoms with van der Waals surface area (Å²) >= 11 is 0. The fraction of sp³-hybridized carbons (Fsp3) is 0.462. The van der Waals surface area contributed by atoms with Crippen molar-refractivity contribution in [3.05, 3.63) is 71.3 Å². The number of carbonyl (C=O) groups is 1. The summed E-state index contributed by atoms with van der Waals surface area (Å²) in [6, 6.07) is 18.6. The SMILES string of the molecule is CN=C(NCc1ccc(C(=O)N2CC(C)OC(C)C2)cc1)N1CCC(c2ccccc2)C1. The molecule has 0 radical (unpaired) electrons. The Morgan fingerprint density at radius 1 is 1.00 bits per heavy atom. The van der Waals surface area contributed by atoms with Crippen LogP contribution in [0.4, 0.5) is 0 Å². The summed E-state index contributed by atoms with van der Waals surface area (Å²) in [5.74, 6) is 1.55. The summed E-state index contributed by atoms with van der Waals surface area (Å²) in [5, 5.41) is 3.49. The first-order chi connectivity index (χ1) is 15.5. The van der Waals surface area contributed by atoms with Gasteiger partial charge < -0.3 is 19.9 Å². The van der Waals surface area contributed by atoms with E-state index in [1.165, 1.54) is 5.56 Å². The van der Waals surface area contributed by atoms with Crippen LogP contribution in [-0.2, 0) is 11.3 Å². The van der Waals surface area contributed by atoms with Gasteiger partial charge in [-0.15, -0.1) is 0 Å². The Balaban J connectivity index is 1.31. The number of carbonyl (C=O) groups excluding carboxylic acids is 1. The lowest BCUT2D eigenvalue weighted by atomic mass is 9.99. The van der Waals surface area contributed by atoms with Crippen molar-refractivity contribution in [3.63, 3.8) is 0 Å². The number of morpholine rings is 1. The first-order valence-electron chi connectivity index (χ1n) is 11.6. The summed E-state index contributed by atoms with van der Waals surface area (Å²) in [6.07, 6.45) is 1.29. The maximum Gasteiger partial charge on any atom is 0.254 e. The minimum absolute atomic E-state index is 0.0741. The van der Waals surface area contributed by atoms with Gasteiger partial charge in [0.1, 0.15) is 0 Å². The lowest BCUT2D eigenvalue weighted by Crippen LogP contribution is -2.48. The van der Waals surface area contributed by atoms with Crippen molar-refractivity contribution in [1.29, 1.82) is 0 Å². The molecule has 0 bridgehead atoms. The normalized spacial score (nSPS) is 24.0. The zero-order valence-electron chi connectivity index (χ0n) is 19.3. The summed E-state index contributed by atoms with van der Waals surface area (Å²) in [7, 11) is 1.84. The summed E-state index contributed by atoms with van der Waals surface area (Å²) in [4.78, 5) is 21.6. The first kappa shape index (κ1) is 22.3. The molecule has 0 aromatic heterocycles. The second-order valence-electron chi connectivity index (χ2n) is 8.91. The Labute approximate surface area is 191 Å². The van der Waals surface area contributed by atoms with Crippen molar-refractivity contribution >= 4 is 11.9 Å². The summed E-state index contributed by atoms with van der Waals surface area (Å²) in [5.41, 5.74) is 3.25. The van der Waals surface area contributed by atoms with Crippen LogP contribution in [0.25, 0.3) is 0 Å². The van der Waals surface area contributed by atoms with E-state index in [2.05, 4.69) is 45.5 Å². The molecule has 1 N–H and O–H groups in total. The fourth-order valence-corrected chi connectivity index (χ4v) is 4.75. The Morgan fingerprint density at radius 3 is 2.34 bits per heavy atom. The number of aliphatic imine (C=N–C) groups is 1. The van der Waals surface area contributed by atoms with Crippen LogP contribution in [0, 0.1) is 0 Å². The Bertz CT molecular complexity index is 919. The number of hydrogen-bond acceptors (Lipinski definition) is 3. The maximum atomic E-state index is 12.9. The molecule has 6 nitrogen and oxygen atoms in total. The van der Waals surface area contributed by atoms with Crippen LogP contribution in [0.1, 0.15) is 47.7 Å². The predicted molar refractivity (Wildman–Crippen MR) is 128 cm³/mol. The van der Waals surface area contributed by atoms with E-state index in [0.717, 1.165) is 36.6 Å². The van der Waals surface area contributed by atoms with Gasteiger partial charge in [-0.05, 0) is 43.5 Å². The Hall–Kier alpha value is -2.86. The highest BCUT2D eigenvalue weighted by Crippen LogP contribution is 2.27. The number of rotatable bonds is 4. The topological polar surface area (TPSA) is 57.2 Å². The van der Waals surface area contributed by atoms with E-state index < -0.39 is 0 Å². The molecule has 3 unspecified atom stereocenters. The Morgan fingerprint density at radius 2 is 1.69 bits per heavy atom. The highest BCUT2D eigenvalue weighted by Gasteiger charge is 2.27. The number of ether oxygens (including phenoxy) is 1. The molecule has 32 heavy (non-hydrogen) atoms. The van der Waals surface area contributed by atoms with Gasteiger partial charge in [-0.2, -0.15) is 0 Å². The van der Waals surface area contributed by atoms with Gasteiger partial charge >= 0.3 is 0 Å². The second kappa shape index (κ2) is 10.2. The van der Waals surface area contributed by atoms with Gasteiger partial charge in [0.2, 0.25) is 0 Å². The number of amides is 1. The van der Waals surface area contributed by atoms with E-state index >= 15 is 0 Å².